The minimum absolute atomic E-state index is 0.717. The van der Waals surface area contributed by atoms with E-state index in [-0.39, 0.29) is 0 Å². The summed E-state index contributed by atoms with van der Waals surface area (Å²) < 4.78 is 5.77. The molecule has 0 aliphatic carbocycles. The number of nitrogen functional groups attached to an aromatic ring is 1. The summed E-state index contributed by atoms with van der Waals surface area (Å²) in [6, 6.07) is 19.4. The summed E-state index contributed by atoms with van der Waals surface area (Å²) in [4.78, 5) is 4.36. The first-order valence-corrected chi connectivity index (χ1v) is 6.78. The molecule has 0 bridgehead atoms. The highest BCUT2D eigenvalue weighted by Crippen LogP contribution is 2.28. The summed E-state index contributed by atoms with van der Waals surface area (Å²) in [5.41, 5.74) is 9.62. The first kappa shape index (κ1) is 13.2. The predicted octanol–water partition coefficient (Wildman–Crippen LogP) is 4.43. The van der Waals surface area contributed by atoms with E-state index in [4.69, 9.17) is 10.5 Å². The van der Waals surface area contributed by atoms with Crippen LogP contribution < -0.4 is 10.5 Å². The number of aryl methyl sites for hydroxylation is 1. The van der Waals surface area contributed by atoms with Gasteiger partial charge < -0.3 is 10.5 Å². The fraction of sp³-hybridized carbons (Fsp3) is 0.0556. The molecule has 2 N–H and O–H groups in total. The van der Waals surface area contributed by atoms with Gasteiger partial charge in [0, 0.05) is 11.8 Å². The van der Waals surface area contributed by atoms with Crippen molar-refractivity contribution in [3.63, 3.8) is 0 Å². The van der Waals surface area contributed by atoms with Crippen molar-refractivity contribution in [3.8, 4) is 22.8 Å². The summed E-state index contributed by atoms with van der Waals surface area (Å²) >= 11 is 0. The van der Waals surface area contributed by atoms with Crippen molar-refractivity contribution < 1.29 is 4.74 Å². The molecule has 0 radical (unpaired) electrons. The van der Waals surface area contributed by atoms with Gasteiger partial charge >= 0.3 is 0 Å². The van der Waals surface area contributed by atoms with Gasteiger partial charge in [-0.2, -0.15) is 0 Å². The van der Waals surface area contributed by atoms with Gasteiger partial charge in [0.1, 0.15) is 11.5 Å². The second kappa shape index (κ2) is 5.67. The van der Waals surface area contributed by atoms with Crippen LogP contribution in [0.3, 0.4) is 0 Å². The average Bonchev–Trinajstić information content (AvgIpc) is 2.52. The van der Waals surface area contributed by atoms with E-state index < -0.39 is 0 Å². The number of hydrogen-bond acceptors (Lipinski definition) is 3. The topological polar surface area (TPSA) is 48.1 Å². The SMILES string of the molecule is Cc1ccnc(-c2ccc(Oc3ccccc3)cc2)c1N. The molecule has 3 nitrogen and oxygen atoms in total. The number of nitrogens with two attached hydrogens (primary N) is 1. The Morgan fingerprint density at radius 1 is 0.857 bits per heavy atom. The molecule has 1 aromatic heterocycles. The monoisotopic (exact) mass is 276 g/mol. The Labute approximate surface area is 124 Å². The Kier molecular flexibility index (Phi) is 3.56. The van der Waals surface area contributed by atoms with Crippen LogP contribution in [0.5, 0.6) is 11.5 Å². The van der Waals surface area contributed by atoms with Crippen LogP contribution in [0.4, 0.5) is 5.69 Å². The molecular weight excluding hydrogens is 260 g/mol. The van der Waals surface area contributed by atoms with Gasteiger partial charge in [0.05, 0.1) is 11.4 Å². The molecule has 1 heterocycles. The van der Waals surface area contributed by atoms with E-state index in [9.17, 15) is 0 Å². The van der Waals surface area contributed by atoms with Crippen molar-refractivity contribution in [2.24, 2.45) is 0 Å². The van der Waals surface area contributed by atoms with Gasteiger partial charge in [0.2, 0.25) is 0 Å². The van der Waals surface area contributed by atoms with E-state index in [0.29, 0.717) is 5.69 Å². The number of pyridine rings is 1. The zero-order valence-corrected chi connectivity index (χ0v) is 11.8. The minimum Gasteiger partial charge on any atom is -0.457 e. The van der Waals surface area contributed by atoms with Crippen LogP contribution in [0.2, 0.25) is 0 Å². The van der Waals surface area contributed by atoms with Crippen LogP contribution in [0.1, 0.15) is 5.56 Å². The fourth-order valence-electron chi connectivity index (χ4n) is 2.11. The van der Waals surface area contributed by atoms with Crippen LogP contribution >= 0.6 is 0 Å². The van der Waals surface area contributed by atoms with Crippen molar-refractivity contribution in [1.29, 1.82) is 0 Å². The van der Waals surface area contributed by atoms with E-state index in [0.717, 1.165) is 28.3 Å². The van der Waals surface area contributed by atoms with Gasteiger partial charge in [-0.3, -0.25) is 4.98 Å². The fourth-order valence-corrected chi connectivity index (χ4v) is 2.11. The van der Waals surface area contributed by atoms with Gasteiger partial charge in [-0.15, -0.1) is 0 Å². The van der Waals surface area contributed by atoms with Gasteiger partial charge in [0.15, 0.2) is 0 Å². The zero-order valence-electron chi connectivity index (χ0n) is 11.8. The molecule has 0 saturated carbocycles. The molecule has 0 atom stereocenters. The molecule has 0 saturated heterocycles. The van der Waals surface area contributed by atoms with Crippen LogP contribution in [0, 0.1) is 6.92 Å². The van der Waals surface area contributed by atoms with E-state index in [2.05, 4.69) is 4.98 Å². The maximum Gasteiger partial charge on any atom is 0.127 e. The lowest BCUT2D eigenvalue weighted by atomic mass is 10.1. The molecule has 0 aliphatic heterocycles. The summed E-state index contributed by atoms with van der Waals surface area (Å²) in [6.45, 7) is 1.98. The highest BCUT2D eigenvalue weighted by molar-refractivity contribution is 5.74. The molecule has 104 valence electrons. The number of rotatable bonds is 3. The third-order valence-corrected chi connectivity index (χ3v) is 3.31. The first-order valence-electron chi connectivity index (χ1n) is 6.78. The summed E-state index contributed by atoms with van der Waals surface area (Å²) in [6.07, 6.45) is 1.77. The minimum atomic E-state index is 0.717. The number of anilines is 1. The quantitative estimate of drug-likeness (QED) is 0.769. The molecule has 2 aromatic carbocycles. The number of benzene rings is 2. The molecule has 0 amide bonds. The van der Waals surface area contributed by atoms with Gasteiger partial charge in [-0.05, 0) is 55.0 Å². The van der Waals surface area contributed by atoms with Gasteiger partial charge in [-0.25, -0.2) is 0 Å². The third-order valence-electron chi connectivity index (χ3n) is 3.31. The number of aromatic nitrogens is 1. The Hall–Kier alpha value is -2.81. The van der Waals surface area contributed by atoms with E-state index in [1.807, 2.05) is 67.6 Å². The molecule has 3 rings (SSSR count). The van der Waals surface area contributed by atoms with Crippen LogP contribution in [0.25, 0.3) is 11.3 Å². The third kappa shape index (κ3) is 2.87. The molecule has 0 unspecified atom stereocenters. The van der Waals surface area contributed by atoms with E-state index in [1.54, 1.807) is 6.20 Å². The van der Waals surface area contributed by atoms with Crippen molar-refractivity contribution in [2.75, 3.05) is 5.73 Å². The predicted molar refractivity (Wildman–Crippen MR) is 85.3 cm³/mol. The number of hydrogen-bond donors (Lipinski definition) is 1. The smallest absolute Gasteiger partial charge is 0.127 e. The molecule has 3 heteroatoms. The molecule has 3 aromatic rings. The normalized spacial score (nSPS) is 10.3. The van der Waals surface area contributed by atoms with Crippen molar-refractivity contribution in [1.82, 2.24) is 4.98 Å². The van der Waals surface area contributed by atoms with Crippen molar-refractivity contribution in [3.05, 3.63) is 72.4 Å². The Morgan fingerprint density at radius 3 is 2.24 bits per heavy atom. The highest BCUT2D eigenvalue weighted by Gasteiger charge is 2.06. The Morgan fingerprint density at radius 2 is 1.52 bits per heavy atom. The summed E-state index contributed by atoms with van der Waals surface area (Å²) in [7, 11) is 0. The largest absolute Gasteiger partial charge is 0.457 e. The van der Waals surface area contributed by atoms with E-state index in [1.165, 1.54) is 0 Å². The van der Waals surface area contributed by atoms with Crippen molar-refractivity contribution in [2.45, 2.75) is 6.92 Å². The highest BCUT2D eigenvalue weighted by atomic mass is 16.5. The molecule has 0 fully saturated rings. The lowest BCUT2D eigenvalue weighted by Gasteiger charge is -2.09. The maximum absolute atomic E-state index is 6.08. The van der Waals surface area contributed by atoms with Crippen LogP contribution in [-0.2, 0) is 0 Å². The van der Waals surface area contributed by atoms with Crippen LogP contribution in [0.15, 0.2) is 66.9 Å². The maximum atomic E-state index is 6.08. The second-order valence-corrected chi connectivity index (χ2v) is 4.83. The lowest BCUT2D eigenvalue weighted by Crippen LogP contribution is -1.96. The molecular formula is C18H16N2O. The standard InChI is InChI=1S/C18H16N2O/c1-13-11-12-20-18(17(13)19)14-7-9-16(10-8-14)21-15-5-3-2-4-6-15/h2-12H,19H2,1H3. The second-order valence-electron chi connectivity index (χ2n) is 4.83. The summed E-state index contributed by atoms with van der Waals surface area (Å²) in [5.74, 6) is 1.61. The Bertz CT molecular complexity index is 737. The number of ether oxygens (including phenoxy) is 1. The Balaban J connectivity index is 1.86. The lowest BCUT2D eigenvalue weighted by molar-refractivity contribution is 0.483. The number of nitrogens with zero attached hydrogens (tertiary/aromatic N) is 1. The van der Waals surface area contributed by atoms with Gasteiger partial charge in [0.25, 0.3) is 0 Å². The number of para-hydroxylation sites is 1. The van der Waals surface area contributed by atoms with Crippen LogP contribution in [-0.4, -0.2) is 4.98 Å². The molecule has 21 heavy (non-hydrogen) atoms. The molecule has 0 aliphatic rings. The van der Waals surface area contributed by atoms with E-state index >= 15 is 0 Å². The average molecular weight is 276 g/mol. The zero-order chi connectivity index (χ0) is 14.7. The summed E-state index contributed by atoms with van der Waals surface area (Å²) in [5, 5.41) is 0. The van der Waals surface area contributed by atoms with Gasteiger partial charge in [-0.1, -0.05) is 18.2 Å². The molecule has 0 spiro atoms. The van der Waals surface area contributed by atoms with Crippen molar-refractivity contribution >= 4 is 5.69 Å². The first-order chi connectivity index (χ1) is 10.2.